The summed E-state index contributed by atoms with van der Waals surface area (Å²) in [4.78, 5) is 11.1. The van der Waals surface area contributed by atoms with E-state index in [4.69, 9.17) is 0 Å². The molecule has 0 aromatic rings. The SMILES string of the molecule is COC(=O)C1NCC2CCC21. The normalized spacial score (nSPS) is 41.0. The van der Waals surface area contributed by atoms with E-state index in [1.54, 1.807) is 0 Å². The van der Waals surface area contributed by atoms with Crippen LogP contribution in [0, 0.1) is 11.8 Å². The van der Waals surface area contributed by atoms with Gasteiger partial charge in [0.2, 0.25) is 0 Å². The van der Waals surface area contributed by atoms with Crippen LogP contribution < -0.4 is 5.32 Å². The highest BCUT2D eigenvalue weighted by atomic mass is 16.5. The molecule has 3 unspecified atom stereocenters. The molecule has 1 N–H and O–H groups in total. The van der Waals surface area contributed by atoms with E-state index in [1.165, 1.54) is 20.0 Å². The van der Waals surface area contributed by atoms with Gasteiger partial charge in [0, 0.05) is 0 Å². The van der Waals surface area contributed by atoms with E-state index in [9.17, 15) is 4.79 Å². The highest BCUT2D eigenvalue weighted by Gasteiger charge is 2.45. The maximum atomic E-state index is 11.1. The van der Waals surface area contributed by atoms with E-state index in [0.717, 1.165) is 12.5 Å². The molecular formula is C8H13NO2. The van der Waals surface area contributed by atoms with Crippen molar-refractivity contribution in [2.75, 3.05) is 13.7 Å². The molecule has 2 rings (SSSR count). The first kappa shape index (κ1) is 7.10. The van der Waals surface area contributed by atoms with Crippen molar-refractivity contribution in [1.82, 2.24) is 5.32 Å². The predicted octanol–water partition coefficient (Wildman–Crippen LogP) is 0.157. The average Bonchev–Trinajstić information content (AvgIpc) is 2.25. The molecule has 3 atom stereocenters. The average molecular weight is 155 g/mol. The van der Waals surface area contributed by atoms with Crippen molar-refractivity contribution in [3.63, 3.8) is 0 Å². The van der Waals surface area contributed by atoms with E-state index >= 15 is 0 Å². The third kappa shape index (κ3) is 0.948. The second kappa shape index (κ2) is 2.48. The Hall–Kier alpha value is -0.570. The van der Waals surface area contributed by atoms with Gasteiger partial charge >= 0.3 is 5.97 Å². The monoisotopic (exact) mass is 155 g/mol. The van der Waals surface area contributed by atoms with Crippen LogP contribution in [-0.4, -0.2) is 25.7 Å². The van der Waals surface area contributed by atoms with Gasteiger partial charge in [-0.15, -0.1) is 0 Å². The number of hydrogen-bond donors (Lipinski definition) is 1. The molecule has 0 amide bonds. The van der Waals surface area contributed by atoms with Crippen LogP contribution in [0.2, 0.25) is 0 Å². The van der Waals surface area contributed by atoms with Crippen LogP contribution in [0.4, 0.5) is 0 Å². The Morgan fingerprint density at radius 1 is 1.55 bits per heavy atom. The number of carbonyl (C=O) groups is 1. The molecule has 0 spiro atoms. The van der Waals surface area contributed by atoms with E-state index in [0.29, 0.717) is 5.92 Å². The van der Waals surface area contributed by atoms with Crippen molar-refractivity contribution in [3.05, 3.63) is 0 Å². The van der Waals surface area contributed by atoms with Gasteiger partial charge in [-0.2, -0.15) is 0 Å². The van der Waals surface area contributed by atoms with Gasteiger partial charge in [0.1, 0.15) is 6.04 Å². The summed E-state index contributed by atoms with van der Waals surface area (Å²) in [7, 11) is 1.45. The van der Waals surface area contributed by atoms with Crippen LogP contribution in [0.3, 0.4) is 0 Å². The lowest BCUT2D eigenvalue weighted by molar-refractivity contribution is -0.144. The zero-order valence-corrected chi connectivity index (χ0v) is 6.67. The fourth-order valence-electron chi connectivity index (χ4n) is 2.10. The first-order valence-electron chi connectivity index (χ1n) is 4.14. The number of rotatable bonds is 1. The Balaban J connectivity index is 2.00. The third-order valence-corrected chi connectivity index (χ3v) is 2.96. The predicted molar refractivity (Wildman–Crippen MR) is 40.0 cm³/mol. The Bertz CT molecular complexity index is 181. The molecular weight excluding hydrogens is 142 g/mol. The van der Waals surface area contributed by atoms with Gasteiger partial charge in [0.25, 0.3) is 0 Å². The molecule has 0 aromatic heterocycles. The number of hydrogen-bond acceptors (Lipinski definition) is 3. The molecule has 2 fully saturated rings. The van der Waals surface area contributed by atoms with E-state index in [2.05, 4.69) is 10.1 Å². The summed E-state index contributed by atoms with van der Waals surface area (Å²) >= 11 is 0. The molecule has 1 saturated heterocycles. The van der Waals surface area contributed by atoms with Crippen LogP contribution in [0.5, 0.6) is 0 Å². The number of ether oxygens (including phenoxy) is 1. The summed E-state index contributed by atoms with van der Waals surface area (Å²) in [6.07, 6.45) is 2.47. The van der Waals surface area contributed by atoms with E-state index in [1.807, 2.05) is 0 Å². The maximum absolute atomic E-state index is 11.1. The fourth-order valence-corrected chi connectivity index (χ4v) is 2.10. The van der Waals surface area contributed by atoms with Gasteiger partial charge in [0.15, 0.2) is 0 Å². The summed E-state index contributed by atoms with van der Waals surface area (Å²) in [5, 5.41) is 3.19. The van der Waals surface area contributed by atoms with Crippen LogP contribution in [-0.2, 0) is 9.53 Å². The van der Waals surface area contributed by atoms with Gasteiger partial charge in [-0.3, -0.25) is 4.79 Å². The molecule has 0 radical (unpaired) electrons. The molecule has 0 aromatic carbocycles. The second-order valence-corrected chi connectivity index (χ2v) is 3.41. The third-order valence-electron chi connectivity index (χ3n) is 2.96. The quantitative estimate of drug-likeness (QED) is 0.548. The minimum absolute atomic E-state index is 0.00116. The first-order valence-corrected chi connectivity index (χ1v) is 4.14. The van der Waals surface area contributed by atoms with Crippen LogP contribution >= 0.6 is 0 Å². The summed E-state index contributed by atoms with van der Waals surface area (Å²) in [6, 6.07) is -0.00116. The summed E-state index contributed by atoms with van der Waals surface area (Å²) in [5.74, 6) is 1.23. The number of esters is 1. The minimum atomic E-state index is -0.0859. The van der Waals surface area contributed by atoms with Crippen molar-refractivity contribution >= 4 is 5.97 Å². The zero-order chi connectivity index (χ0) is 7.84. The number of methoxy groups -OCH3 is 1. The highest BCUT2D eigenvalue weighted by molar-refractivity contribution is 5.76. The summed E-state index contributed by atoms with van der Waals surface area (Å²) in [6.45, 7) is 1.00. The Kier molecular flexibility index (Phi) is 1.60. The lowest BCUT2D eigenvalue weighted by Gasteiger charge is -2.31. The molecule has 0 bridgehead atoms. The van der Waals surface area contributed by atoms with Gasteiger partial charge in [-0.05, 0) is 31.2 Å². The van der Waals surface area contributed by atoms with Crippen LogP contribution in [0.15, 0.2) is 0 Å². The maximum Gasteiger partial charge on any atom is 0.323 e. The lowest BCUT2D eigenvalue weighted by Crippen LogP contribution is -2.39. The van der Waals surface area contributed by atoms with Crippen molar-refractivity contribution < 1.29 is 9.53 Å². The van der Waals surface area contributed by atoms with Crippen molar-refractivity contribution in [1.29, 1.82) is 0 Å². The summed E-state index contributed by atoms with van der Waals surface area (Å²) in [5.41, 5.74) is 0. The molecule has 3 nitrogen and oxygen atoms in total. The van der Waals surface area contributed by atoms with E-state index in [-0.39, 0.29) is 12.0 Å². The zero-order valence-electron chi connectivity index (χ0n) is 6.67. The van der Waals surface area contributed by atoms with E-state index < -0.39 is 0 Å². The van der Waals surface area contributed by atoms with Crippen LogP contribution in [0.1, 0.15) is 12.8 Å². The first-order chi connectivity index (χ1) is 5.33. The fraction of sp³-hybridized carbons (Fsp3) is 0.875. The van der Waals surface area contributed by atoms with Crippen LogP contribution in [0.25, 0.3) is 0 Å². The molecule has 3 heteroatoms. The molecule has 1 heterocycles. The topological polar surface area (TPSA) is 38.3 Å². The van der Waals surface area contributed by atoms with Gasteiger partial charge in [-0.25, -0.2) is 0 Å². The van der Waals surface area contributed by atoms with Crippen molar-refractivity contribution in [2.24, 2.45) is 11.8 Å². The minimum Gasteiger partial charge on any atom is -0.468 e. The molecule has 1 aliphatic carbocycles. The van der Waals surface area contributed by atoms with Gasteiger partial charge in [-0.1, -0.05) is 0 Å². The lowest BCUT2D eigenvalue weighted by atomic mass is 9.73. The smallest absolute Gasteiger partial charge is 0.323 e. The Labute approximate surface area is 66.1 Å². The van der Waals surface area contributed by atoms with Gasteiger partial charge in [0.05, 0.1) is 7.11 Å². The summed E-state index contributed by atoms with van der Waals surface area (Å²) < 4.78 is 4.69. The molecule has 1 aliphatic heterocycles. The number of carbonyl (C=O) groups excluding carboxylic acids is 1. The highest BCUT2D eigenvalue weighted by Crippen LogP contribution is 2.40. The Morgan fingerprint density at radius 2 is 2.36 bits per heavy atom. The second-order valence-electron chi connectivity index (χ2n) is 3.41. The molecule has 1 saturated carbocycles. The van der Waals surface area contributed by atoms with Crippen molar-refractivity contribution in [3.8, 4) is 0 Å². The number of fused-ring (bicyclic) bond motifs is 1. The number of nitrogens with one attached hydrogen (secondary N) is 1. The largest absolute Gasteiger partial charge is 0.468 e. The molecule has 11 heavy (non-hydrogen) atoms. The molecule has 62 valence electrons. The standard InChI is InChI=1S/C8H13NO2/c1-11-8(10)7-6-3-2-5(6)4-9-7/h5-7,9H,2-4H2,1H3. The van der Waals surface area contributed by atoms with Gasteiger partial charge < -0.3 is 10.1 Å². The van der Waals surface area contributed by atoms with Crippen molar-refractivity contribution in [2.45, 2.75) is 18.9 Å². The Morgan fingerprint density at radius 3 is 2.82 bits per heavy atom. The molecule has 2 aliphatic rings.